The van der Waals surface area contributed by atoms with Crippen LogP contribution in [0.5, 0.6) is 0 Å². The number of hydrogen-bond acceptors (Lipinski definition) is 2. The first kappa shape index (κ1) is 17.0. The maximum absolute atomic E-state index is 12.5. The average Bonchev–Trinajstić information content (AvgIpc) is 2.47. The molecule has 1 aliphatic heterocycles. The highest BCUT2D eigenvalue weighted by Crippen LogP contribution is 2.22. The van der Waals surface area contributed by atoms with Crippen molar-refractivity contribution in [2.75, 3.05) is 26.3 Å². The van der Waals surface area contributed by atoms with Crippen molar-refractivity contribution in [2.24, 2.45) is 11.8 Å². The highest BCUT2D eigenvalue weighted by Gasteiger charge is 2.27. The minimum Gasteiger partial charge on any atom is -0.369 e. The van der Waals surface area contributed by atoms with Crippen LogP contribution in [-0.4, -0.2) is 37.1 Å². The molecule has 0 aromatic heterocycles. The number of piperidine rings is 1. The Hall–Kier alpha value is -1.01. The summed E-state index contributed by atoms with van der Waals surface area (Å²) in [5.74, 6) is 3.66. The van der Waals surface area contributed by atoms with Gasteiger partial charge in [0.25, 0.3) is 0 Å². The molecule has 1 aliphatic rings. The van der Waals surface area contributed by atoms with Gasteiger partial charge in [0.15, 0.2) is 0 Å². The number of hydrogen-bond donors (Lipinski definition) is 0. The monoisotopic (exact) mass is 279 g/mol. The Labute approximate surface area is 124 Å². The van der Waals surface area contributed by atoms with Crippen molar-refractivity contribution in [3.8, 4) is 12.3 Å². The molecule has 0 unspecified atom stereocenters. The van der Waals surface area contributed by atoms with Crippen molar-refractivity contribution in [1.29, 1.82) is 0 Å². The molecule has 1 fully saturated rings. The van der Waals surface area contributed by atoms with Crippen LogP contribution in [0.3, 0.4) is 0 Å². The zero-order valence-corrected chi connectivity index (χ0v) is 13.1. The van der Waals surface area contributed by atoms with E-state index in [1.807, 2.05) is 0 Å². The van der Waals surface area contributed by atoms with Gasteiger partial charge >= 0.3 is 0 Å². The highest BCUT2D eigenvalue weighted by molar-refractivity contribution is 5.78. The van der Waals surface area contributed by atoms with Crippen LogP contribution in [0.2, 0.25) is 0 Å². The van der Waals surface area contributed by atoms with Crippen LogP contribution in [0.15, 0.2) is 0 Å². The summed E-state index contributed by atoms with van der Waals surface area (Å²) >= 11 is 0. The van der Waals surface area contributed by atoms with Gasteiger partial charge < -0.3 is 9.64 Å². The molecule has 1 heterocycles. The van der Waals surface area contributed by atoms with Crippen molar-refractivity contribution in [2.45, 2.75) is 52.4 Å². The Morgan fingerprint density at radius 3 is 2.40 bits per heavy atom. The molecule has 1 rings (SSSR count). The van der Waals surface area contributed by atoms with E-state index in [9.17, 15) is 4.79 Å². The molecule has 114 valence electrons. The third-order valence-electron chi connectivity index (χ3n) is 4.09. The minimum absolute atomic E-state index is 0.235. The van der Waals surface area contributed by atoms with E-state index in [1.165, 1.54) is 0 Å². The Kier molecular flexibility index (Phi) is 8.37. The average molecular weight is 279 g/mol. The molecule has 1 amide bonds. The van der Waals surface area contributed by atoms with Crippen LogP contribution in [0.25, 0.3) is 0 Å². The number of rotatable bonds is 8. The lowest BCUT2D eigenvalue weighted by molar-refractivity contribution is -0.137. The summed E-state index contributed by atoms with van der Waals surface area (Å²) in [6.07, 6.45) is 11.5. The number of terminal acetylenes is 1. The zero-order valence-electron chi connectivity index (χ0n) is 13.1. The summed E-state index contributed by atoms with van der Waals surface area (Å²) in [4.78, 5) is 14.6. The van der Waals surface area contributed by atoms with E-state index >= 15 is 0 Å². The topological polar surface area (TPSA) is 29.5 Å². The molecule has 3 nitrogen and oxygen atoms in total. The summed E-state index contributed by atoms with van der Waals surface area (Å²) in [5, 5.41) is 0. The van der Waals surface area contributed by atoms with E-state index in [0.29, 0.717) is 18.4 Å². The van der Waals surface area contributed by atoms with Crippen LogP contribution in [0, 0.1) is 24.2 Å². The van der Waals surface area contributed by atoms with E-state index in [1.54, 1.807) is 0 Å². The van der Waals surface area contributed by atoms with Gasteiger partial charge in [0.1, 0.15) is 6.61 Å². The van der Waals surface area contributed by atoms with Crippen LogP contribution in [-0.2, 0) is 9.53 Å². The van der Waals surface area contributed by atoms with Crippen LogP contribution < -0.4 is 0 Å². The number of carbonyl (C=O) groups excluding carboxylic acids is 1. The SMILES string of the molecule is C#CCOCC1CCN(C(=O)C(CCC)CCC)CC1. The largest absolute Gasteiger partial charge is 0.369 e. The molecule has 0 N–H and O–H groups in total. The summed E-state index contributed by atoms with van der Waals surface area (Å²) < 4.78 is 5.40. The van der Waals surface area contributed by atoms with E-state index in [2.05, 4.69) is 24.7 Å². The van der Waals surface area contributed by atoms with Crippen molar-refractivity contribution in [3.63, 3.8) is 0 Å². The number of ether oxygens (including phenoxy) is 1. The fourth-order valence-electron chi connectivity index (χ4n) is 2.95. The van der Waals surface area contributed by atoms with Gasteiger partial charge in [-0.15, -0.1) is 6.42 Å². The maximum atomic E-state index is 12.5. The van der Waals surface area contributed by atoms with E-state index in [-0.39, 0.29) is 5.92 Å². The first-order valence-corrected chi connectivity index (χ1v) is 8.02. The highest BCUT2D eigenvalue weighted by atomic mass is 16.5. The minimum atomic E-state index is 0.235. The summed E-state index contributed by atoms with van der Waals surface area (Å²) in [6.45, 7) is 7.21. The van der Waals surface area contributed by atoms with Crippen LogP contribution in [0.1, 0.15) is 52.4 Å². The van der Waals surface area contributed by atoms with Gasteiger partial charge in [-0.2, -0.15) is 0 Å². The molecule has 0 bridgehead atoms. The normalized spacial score (nSPS) is 16.4. The predicted molar refractivity (Wildman–Crippen MR) is 82.3 cm³/mol. The summed E-state index contributed by atoms with van der Waals surface area (Å²) in [6, 6.07) is 0. The first-order chi connectivity index (χ1) is 9.72. The Balaban J connectivity index is 2.35. The molecule has 3 heteroatoms. The van der Waals surface area contributed by atoms with Gasteiger partial charge in [-0.1, -0.05) is 32.6 Å². The molecule has 0 aromatic rings. The van der Waals surface area contributed by atoms with Crippen molar-refractivity contribution >= 4 is 5.91 Å². The summed E-state index contributed by atoms with van der Waals surface area (Å²) in [7, 11) is 0. The standard InChI is InChI=1S/C17H29NO2/c1-4-7-16(8-5-2)17(19)18-11-9-15(10-12-18)14-20-13-6-3/h3,15-16H,4-5,7-14H2,1-2H3. The number of nitrogens with zero attached hydrogens (tertiary/aromatic N) is 1. The Bertz CT molecular complexity index is 307. The molecule has 1 saturated heterocycles. The van der Waals surface area contributed by atoms with Crippen molar-refractivity contribution < 1.29 is 9.53 Å². The molecule has 0 atom stereocenters. The van der Waals surface area contributed by atoms with Gasteiger partial charge in [0, 0.05) is 19.0 Å². The molecule has 20 heavy (non-hydrogen) atoms. The van der Waals surface area contributed by atoms with E-state index in [0.717, 1.165) is 58.2 Å². The lowest BCUT2D eigenvalue weighted by Gasteiger charge is -2.34. The fourth-order valence-corrected chi connectivity index (χ4v) is 2.95. The third kappa shape index (κ3) is 5.54. The van der Waals surface area contributed by atoms with Crippen LogP contribution >= 0.6 is 0 Å². The smallest absolute Gasteiger partial charge is 0.225 e. The van der Waals surface area contributed by atoms with E-state index in [4.69, 9.17) is 11.2 Å². The van der Waals surface area contributed by atoms with Gasteiger partial charge in [0.05, 0.1) is 6.61 Å². The molecule has 0 aliphatic carbocycles. The fraction of sp³-hybridized carbons (Fsp3) is 0.824. The van der Waals surface area contributed by atoms with Gasteiger partial charge in [-0.3, -0.25) is 4.79 Å². The number of amides is 1. The van der Waals surface area contributed by atoms with E-state index < -0.39 is 0 Å². The lowest BCUT2D eigenvalue weighted by Crippen LogP contribution is -2.42. The molecule has 0 saturated carbocycles. The van der Waals surface area contributed by atoms with Crippen molar-refractivity contribution in [1.82, 2.24) is 4.90 Å². The molecule has 0 radical (unpaired) electrons. The number of likely N-dealkylation sites (tertiary alicyclic amines) is 1. The third-order valence-corrected chi connectivity index (χ3v) is 4.09. The first-order valence-electron chi connectivity index (χ1n) is 8.02. The zero-order chi connectivity index (χ0) is 14.8. The van der Waals surface area contributed by atoms with Gasteiger partial charge in [-0.05, 0) is 31.6 Å². The second-order valence-electron chi connectivity index (χ2n) is 5.76. The lowest BCUT2D eigenvalue weighted by atomic mass is 9.93. The quantitative estimate of drug-likeness (QED) is 0.505. The Morgan fingerprint density at radius 1 is 1.30 bits per heavy atom. The van der Waals surface area contributed by atoms with Gasteiger partial charge in [0.2, 0.25) is 5.91 Å². The van der Waals surface area contributed by atoms with Crippen molar-refractivity contribution in [3.05, 3.63) is 0 Å². The Morgan fingerprint density at radius 2 is 1.90 bits per heavy atom. The molecular weight excluding hydrogens is 250 g/mol. The maximum Gasteiger partial charge on any atom is 0.225 e. The number of carbonyl (C=O) groups is 1. The summed E-state index contributed by atoms with van der Waals surface area (Å²) in [5.41, 5.74) is 0. The second-order valence-corrected chi connectivity index (χ2v) is 5.76. The molecule has 0 spiro atoms. The molecule has 0 aromatic carbocycles. The molecular formula is C17H29NO2. The predicted octanol–water partition coefficient (Wildman–Crippen LogP) is 3.09. The van der Waals surface area contributed by atoms with Crippen LogP contribution in [0.4, 0.5) is 0 Å². The van der Waals surface area contributed by atoms with Gasteiger partial charge in [-0.25, -0.2) is 0 Å². The second kappa shape index (κ2) is 9.83.